The molecule has 0 aliphatic heterocycles. The van der Waals surface area contributed by atoms with Crippen LogP contribution < -0.4 is 9.47 Å². The van der Waals surface area contributed by atoms with Gasteiger partial charge in [-0.15, -0.1) is 26.3 Å². The molecule has 2 N–H and O–H groups in total. The summed E-state index contributed by atoms with van der Waals surface area (Å²) in [6.07, 6.45) is -10.6. The van der Waals surface area contributed by atoms with Crippen LogP contribution in [0.4, 0.5) is 26.3 Å². The SMILES string of the molecule is O=C(O)c1ccc(-c2ccc(C(=O)O)cc2OC(F)(F)F)c(OC(F)(F)F)c1. The highest BCUT2D eigenvalue weighted by atomic mass is 19.4. The Bertz CT molecular complexity index is 843. The minimum absolute atomic E-state index is 0.466. The summed E-state index contributed by atoms with van der Waals surface area (Å²) in [7, 11) is 0. The van der Waals surface area contributed by atoms with Crippen LogP contribution in [-0.4, -0.2) is 34.9 Å². The van der Waals surface area contributed by atoms with Crippen molar-refractivity contribution in [3.05, 3.63) is 47.5 Å². The number of rotatable bonds is 5. The molecule has 0 aliphatic carbocycles. The van der Waals surface area contributed by atoms with Gasteiger partial charge in [0.05, 0.1) is 11.1 Å². The molecule has 2 rings (SSSR count). The molecule has 0 heterocycles. The van der Waals surface area contributed by atoms with Crippen LogP contribution in [0.15, 0.2) is 36.4 Å². The van der Waals surface area contributed by atoms with Gasteiger partial charge in [0.15, 0.2) is 0 Å². The average molecular weight is 410 g/mol. The Morgan fingerprint density at radius 1 is 0.679 bits per heavy atom. The van der Waals surface area contributed by atoms with Crippen molar-refractivity contribution in [1.29, 1.82) is 0 Å². The molecule has 0 amide bonds. The van der Waals surface area contributed by atoms with Gasteiger partial charge in [-0.25, -0.2) is 9.59 Å². The van der Waals surface area contributed by atoms with Gasteiger partial charge >= 0.3 is 24.7 Å². The lowest BCUT2D eigenvalue weighted by atomic mass is 10.00. The molecule has 12 heteroatoms. The van der Waals surface area contributed by atoms with E-state index in [9.17, 15) is 35.9 Å². The number of carbonyl (C=O) groups is 2. The molecule has 2 aromatic rings. The lowest BCUT2D eigenvalue weighted by molar-refractivity contribution is -0.276. The number of aromatic carboxylic acids is 2. The maximum atomic E-state index is 12.7. The zero-order chi connectivity index (χ0) is 21.3. The van der Waals surface area contributed by atoms with Gasteiger partial charge in [0, 0.05) is 11.1 Å². The Morgan fingerprint density at radius 3 is 1.25 bits per heavy atom. The molecule has 0 aliphatic rings. The van der Waals surface area contributed by atoms with Gasteiger partial charge in [0.1, 0.15) is 11.5 Å². The molecule has 150 valence electrons. The van der Waals surface area contributed by atoms with Crippen LogP contribution in [0, 0.1) is 0 Å². The summed E-state index contributed by atoms with van der Waals surface area (Å²) in [4.78, 5) is 21.9. The summed E-state index contributed by atoms with van der Waals surface area (Å²) in [5.74, 6) is -5.43. The van der Waals surface area contributed by atoms with Crippen LogP contribution in [-0.2, 0) is 0 Å². The molecule has 0 bridgehead atoms. The van der Waals surface area contributed by atoms with Gasteiger partial charge in [-0.1, -0.05) is 0 Å². The normalized spacial score (nSPS) is 11.8. The molecule has 0 spiro atoms. The maximum Gasteiger partial charge on any atom is 0.573 e. The third-order valence-electron chi connectivity index (χ3n) is 3.20. The fourth-order valence-corrected chi connectivity index (χ4v) is 2.17. The Balaban J connectivity index is 2.71. The zero-order valence-corrected chi connectivity index (χ0v) is 13.3. The van der Waals surface area contributed by atoms with E-state index in [1.165, 1.54) is 0 Å². The summed E-state index contributed by atoms with van der Waals surface area (Å²) in [5.41, 5.74) is -2.44. The Hall–Kier alpha value is -3.44. The van der Waals surface area contributed by atoms with Gasteiger partial charge < -0.3 is 19.7 Å². The minimum Gasteiger partial charge on any atom is -0.478 e. The van der Waals surface area contributed by atoms with Crippen LogP contribution in [0.2, 0.25) is 0 Å². The first-order chi connectivity index (χ1) is 12.8. The first kappa shape index (κ1) is 20.9. The van der Waals surface area contributed by atoms with Crippen molar-refractivity contribution in [3.63, 3.8) is 0 Å². The topological polar surface area (TPSA) is 93.1 Å². The highest BCUT2D eigenvalue weighted by molar-refractivity contribution is 5.92. The predicted molar refractivity (Wildman–Crippen MR) is 79.2 cm³/mol. The first-order valence-corrected chi connectivity index (χ1v) is 7.03. The molecule has 0 fully saturated rings. The van der Waals surface area contributed by atoms with Crippen LogP contribution in [0.5, 0.6) is 11.5 Å². The number of hydrogen-bond acceptors (Lipinski definition) is 4. The van der Waals surface area contributed by atoms with Crippen molar-refractivity contribution in [2.24, 2.45) is 0 Å². The van der Waals surface area contributed by atoms with Gasteiger partial charge in [0.2, 0.25) is 0 Å². The Labute approximate surface area is 151 Å². The smallest absolute Gasteiger partial charge is 0.478 e. The van der Waals surface area contributed by atoms with E-state index in [-0.39, 0.29) is 0 Å². The highest BCUT2D eigenvalue weighted by Crippen LogP contribution is 2.41. The number of hydrogen-bond donors (Lipinski definition) is 2. The summed E-state index contributed by atoms with van der Waals surface area (Å²) < 4.78 is 83.4. The van der Waals surface area contributed by atoms with E-state index in [0.29, 0.717) is 12.1 Å². The van der Waals surface area contributed by atoms with Crippen molar-refractivity contribution >= 4 is 11.9 Å². The third-order valence-corrected chi connectivity index (χ3v) is 3.20. The molecule has 0 atom stereocenters. The summed E-state index contributed by atoms with van der Waals surface area (Å²) in [6, 6.07) is 4.17. The van der Waals surface area contributed by atoms with Crippen molar-refractivity contribution in [2.75, 3.05) is 0 Å². The number of ether oxygens (including phenoxy) is 2. The second-order valence-corrected chi connectivity index (χ2v) is 5.13. The predicted octanol–water partition coefficient (Wildman–Crippen LogP) is 4.55. The molecule has 0 saturated carbocycles. The van der Waals surface area contributed by atoms with Gasteiger partial charge in [-0.05, 0) is 36.4 Å². The largest absolute Gasteiger partial charge is 0.573 e. The van der Waals surface area contributed by atoms with E-state index in [1.54, 1.807) is 0 Å². The summed E-state index contributed by atoms with van der Waals surface area (Å²) in [6.45, 7) is 0. The Kier molecular flexibility index (Phi) is 5.43. The monoisotopic (exact) mass is 410 g/mol. The number of carboxylic acid groups (broad SMARTS) is 2. The quantitative estimate of drug-likeness (QED) is 0.703. The van der Waals surface area contributed by atoms with E-state index < -0.39 is 58.4 Å². The number of carboxylic acids is 2. The number of benzene rings is 2. The van der Waals surface area contributed by atoms with Crippen LogP contribution >= 0.6 is 0 Å². The second kappa shape index (κ2) is 7.29. The molecule has 0 aromatic heterocycles. The molecule has 0 unspecified atom stereocenters. The molecule has 6 nitrogen and oxygen atoms in total. The summed E-state index contributed by atoms with van der Waals surface area (Å²) in [5, 5.41) is 17.8. The van der Waals surface area contributed by atoms with Crippen molar-refractivity contribution in [1.82, 2.24) is 0 Å². The lowest BCUT2D eigenvalue weighted by Crippen LogP contribution is -2.19. The van der Waals surface area contributed by atoms with Gasteiger partial charge in [0.25, 0.3) is 0 Å². The van der Waals surface area contributed by atoms with Crippen molar-refractivity contribution in [3.8, 4) is 22.6 Å². The second-order valence-electron chi connectivity index (χ2n) is 5.13. The number of halogens is 6. The number of alkyl halides is 6. The van der Waals surface area contributed by atoms with Crippen molar-refractivity contribution < 1.29 is 55.6 Å². The summed E-state index contributed by atoms with van der Waals surface area (Å²) >= 11 is 0. The average Bonchev–Trinajstić information content (AvgIpc) is 2.52. The minimum atomic E-state index is -5.28. The highest BCUT2D eigenvalue weighted by Gasteiger charge is 2.35. The Morgan fingerprint density at radius 2 is 1.00 bits per heavy atom. The molecule has 0 radical (unpaired) electrons. The fraction of sp³-hybridized carbons (Fsp3) is 0.125. The van der Waals surface area contributed by atoms with Gasteiger partial charge in [-0.2, -0.15) is 0 Å². The van der Waals surface area contributed by atoms with E-state index in [2.05, 4.69) is 9.47 Å². The van der Waals surface area contributed by atoms with Gasteiger partial charge in [-0.3, -0.25) is 0 Å². The molecular formula is C16H8F6O6. The van der Waals surface area contributed by atoms with E-state index in [0.717, 1.165) is 24.3 Å². The maximum absolute atomic E-state index is 12.7. The van der Waals surface area contributed by atoms with Crippen LogP contribution in [0.25, 0.3) is 11.1 Å². The van der Waals surface area contributed by atoms with Crippen LogP contribution in [0.1, 0.15) is 20.7 Å². The molecule has 28 heavy (non-hydrogen) atoms. The van der Waals surface area contributed by atoms with Crippen molar-refractivity contribution in [2.45, 2.75) is 12.7 Å². The first-order valence-electron chi connectivity index (χ1n) is 7.03. The zero-order valence-electron chi connectivity index (χ0n) is 13.3. The third kappa shape index (κ3) is 5.28. The fourth-order valence-electron chi connectivity index (χ4n) is 2.17. The van der Waals surface area contributed by atoms with E-state index in [4.69, 9.17) is 10.2 Å². The molecule has 2 aromatic carbocycles. The molecular weight excluding hydrogens is 402 g/mol. The lowest BCUT2D eigenvalue weighted by Gasteiger charge is -2.18. The van der Waals surface area contributed by atoms with E-state index in [1.807, 2.05) is 0 Å². The van der Waals surface area contributed by atoms with Crippen LogP contribution in [0.3, 0.4) is 0 Å². The van der Waals surface area contributed by atoms with E-state index >= 15 is 0 Å². The standard InChI is InChI=1S/C16H8F6O6/c17-15(18,19)27-11-5-7(13(23)24)1-3-9(11)10-4-2-8(14(25)26)6-12(10)28-16(20,21)22/h1-6H,(H,23,24)(H,25,26). The molecule has 0 saturated heterocycles.